The Bertz CT molecular complexity index is 541. The van der Waals surface area contributed by atoms with E-state index in [4.69, 9.17) is 0 Å². The second-order valence-electron chi connectivity index (χ2n) is 4.05. The van der Waals surface area contributed by atoms with E-state index in [-0.39, 0.29) is 0 Å². The first-order valence-electron chi connectivity index (χ1n) is 5.13. The van der Waals surface area contributed by atoms with Gasteiger partial charge in [0.15, 0.2) is 5.82 Å². The molecule has 0 saturated heterocycles. The van der Waals surface area contributed by atoms with Crippen molar-refractivity contribution in [2.75, 3.05) is 0 Å². The molecule has 0 unspecified atom stereocenters. The smallest absolute Gasteiger partial charge is 0.158 e. The molecule has 0 aromatic carbocycles. The summed E-state index contributed by atoms with van der Waals surface area (Å²) >= 11 is 0. The predicted molar refractivity (Wildman–Crippen MR) is 56.4 cm³/mol. The lowest BCUT2D eigenvalue weighted by Gasteiger charge is -2.07. The summed E-state index contributed by atoms with van der Waals surface area (Å²) in [7, 11) is 3.86. The number of nitrogens with zero attached hydrogens (tertiary/aromatic N) is 5. The molecule has 6 nitrogen and oxygen atoms in total. The number of fused-ring (bicyclic) bond motifs is 1. The Hall–Kier alpha value is -1.66. The number of imidazole rings is 1. The van der Waals surface area contributed by atoms with Crippen molar-refractivity contribution in [1.82, 2.24) is 24.4 Å². The average molecular weight is 219 g/mol. The van der Waals surface area contributed by atoms with E-state index < -0.39 is 0 Å². The van der Waals surface area contributed by atoms with Gasteiger partial charge in [-0.25, -0.2) is 4.98 Å². The van der Waals surface area contributed by atoms with Crippen LogP contribution >= 0.6 is 0 Å². The minimum absolute atomic E-state index is 0.501. The molecule has 1 aliphatic rings. The Morgan fingerprint density at radius 3 is 2.75 bits per heavy atom. The lowest BCUT2D eigenvalue weighted by atomic mass is 10.4. The number of aromatic nitrogens is 4. The van der Waals surface area contributed by atoms with Crippen LogP contribution < -0.4 is 0 Å². The van der Waals surface area contributed by atoms with Crippen LogP contribution in [-0.4, -0.2) is 29.6 Å². The van der Waals surface area contributed by atoms with Crippen LogP contribution in [0.3, 0.4) is 0 Å². The molecular formula is C10H13N5O. The van der Waals surface area contributed by atoms with Crippen molar-refractivity contribution in [3.63, 3.8) is 0 Å². The number of rotatable bonds is 1. The lowest BCUT2D eigenvalue weighted by molar-refractivity contribution is -0.0984. The van der Waals surface area contributed by atoms with Gasteiger partial charge in [0.25, 0.3) is 0 Å². The summed E-state index contributed by atoms with van der Waals surface area (Å²) in [5, 5.41) is 14.8. The molecule has 1 aliphatic heterocycles. The maximum absolute atomic E-state index is 9.40. The van der Waals surface area contributed by atoms with Gasteiger partial charge in [0.1, 0.15) is 5.69 Å². The van der Waals surface area contributed by atoms with Crippen molar-refractivity contribution in [2.45, 2.75) is 13.1 Å². The van der Waals surface area contributed by atoms with Gasteiger partial charge in [-0.3, -0.25) is 4.68 Å². The van der Waals surface area contributed by atoms with Crippen molar-refractivity contribution in [3.8, 4) is 11.5 Å². The molecule has 0 atom stereocenters. The summed E-state index contributed by atoms with van der Waals surface area (Å²) in [4.78, 5) is 4.54. The van der Waals surface area contributed by atoms with E-state index in [2.05, 4.69) is 10.1 Å². The highest BCUT2D eigenvalue weighted by Crippen LogP contribution is 2.26. The van der Waals surface area contributed by atoms with Crippen LogP contribution in [0.25, 0.3) is 11.5 Å². The predicted octanol–water partition coefficient (Wildman–Crippen LogP) is 0.525. The fourth-order valence-electron chi connectivity index (χ4n) is 2.14. The van der Waals surface area contributed by atoms with E-state index in [1.165, 1.54) is 5.06 Å². The summed E-state index contributed by atoms with van der Waals surface area (Å²) in [5.74, 6) is 0.901. The van der Waals surface area contributed by atoms with E-state index in [0.717, 1.165) is 22.9 Å². The first-order chi connectivity index (χ1) is 7.66. The molecule has 16 heavy (non-hydrogen) atoms. The maximum Gasteiger partial charge on any atom is 0.158 e. The summed E-state index contributed by atoms with van der Waals surface area (Å²) in [5.41, 5.74) is 3.00. The van der Waals surface area contributed by atoms with Gasteiger partial charge in [0, 0.05) is 20.3 Å². The van der Waals surface area contributed by atoms with Crippen LogP contribution in [0.4, 0.5) is 0 Å². The Morgan fingerprint density at radius 2 is 2.12 bits per heavy atom. The molecule has 0 fully saturated rings. The van der Waals surface area contributed by atoms with Gasteiger partial charge in [0.2, 0.25) is 0 Å². The first-order valence-corrected chi connectivity index (χ1v) is 5.13. The van der Waals surface area contributed by atoms with Crippen LogP contribution in [0.2, 0.25) is 0 Å². The first kappa shape index (κ1) is 9.56. The SMILES string of the molecule is Cn1nccc1-c1nc2c(n1C)CN(O)C2. The third-order valence-corrected chi connectivity index (χ3v) is 3.01. The van der Waals surface area contributed by atoms with Gasteiger partial charge in [-0.05, 0) is 6.07 Å². The zero-order valence-corrected chi connectivity index (χ0v) is 9.25. The van der Waals surface area contributed by atoms with E-state index in [1.54, 1.807) is 10.9 Å². The molecule has 0 aliphatic carbocycles. The highest BCUT2D eigenvalue weighted by Gasteiger charge is 2.25. The summed E-state index contributed by atoms with van der Waals surface area (Å²) in [6, 6.07) is 1.94. The lowest BCUT2D eigenvalue weighted by Crippen LogP contribution is -2.12. The number of hydrogen-bond acceptors (Lipinski definition) is 4. The van der Waals surface area contributed by atoms with Gasteiger partial charge in [-0.15, -0.1) is 0 Å². The second-order valence-corrected chi connectivity index (χ2v) is 4.05. The van der Waals surface area contributed by atoms with Crippen molar-refractivity contribution >= 4 is 0 Å². The molecule has 2 aromatic rings. The van der Waals surface area contributed by atoms with Gasteiger partial charge in [0.05, 0.1) is 24.5 Å². The van der Waals surface area contributed by atoms with Gasteiger partial charge >= 0.3 is 0 Å². The van der Waals surface area contributed by atoms with E-state index >= 15 is 0 Å². The minimum Gasteiger partial charge on any atom is -0.328 e. The molecule has 1 N–H and O–H groups in total. The molecule has 3 rings (SSSR count). The van der Waals surface area contributed by atoms with Crippen LogP contribution in [0, 0.1) is 0 Å². The fourth-order valence-corrected chi connectivity index (χ4v) is 2.14. The molecule has 0 saturated carbocycles. The fraction of sp³-hybridized carbons (Fsp3) is 0.400. The molecule has 0 radical (unpaired) electrons. The maximum atomic E-state index is 9.40. The molecule has 0 spiro atoms. The van der Waals surface area contributed by atoms with Crippen molar-refractivity contribution in [3.05, 3.63) is 23.7 Å². The Balaban J connectivity index is 2.12. The van der Waals surface area contributed by atoms with Crippen molar-refractivity contribution in [1.29, 1.82) is 0 Å². The monoisotopic (exact) mass is 219 g/mol. The normalized spacial score (nSPS) is 15.7. The average Bonchev–Trinajstić information content (AvgIpc) is 2.85. The van der Waals surface area contributed by atoms with Crippen LogP contribution in [-0.2, 0) is 27.2 Å². The Labute approximate surface area is 92.7 Å². The van der Waals surface area contributed by atoms with Gasteiger partial charge < -0.3 is 9.77 Å². The summed E-state index contributed by atoms with van der Waals surface area (Å²) in [6.07, 6.45) is 1.76. The third-order valence-electron chi connectivity index (χ3n) is 3.01. The number of hydrogen-bond donors (Lipinski definition) is 1. The minimum atomic E-state index is 0.501. The van der Waals surface area contributed by atoms with E-state index in [9.17, 15) is 5.21 Å². The number of aryl methyl sites for hydroxylation is 1. The molecular weight excluding hydrogens is 206 g/mol. The highest BCUT2D eigenvalue weighted by molar-refractivity contribution is 5.52. The van der Waals surface area contributed by atoms with Crippen molar-refractivity contribution < 1.29 is 5.21 Å². The molecule has 0 amide bonds. The molecule has 2 aromatic heterocycles. The quantitative estimate of drug-likeness (QED) is 0.760. The molecule has 6 heteroatoms. The molecule has 3 heterocycles. The summed E-state index contributed by atoms with van der Waals surface area (Å²) < 4.78 is 3.82. The van der Waals surface area contributed by atoms with Gasteiger partial charge in [-0.2, -0.15) is 10.2 Å². The molecule has 84 valence electrons. The van der Waals surface area contributed by atoms with E-state index in [1.807, 2.05) is 24.7 Å². The largest absolute Gasteiger partial charge is 0.328 e. The zero-order chi connectivity index (χ0) is 11.3. The Morgan fingerprint density at radius 1 is 1.31 bits per heavy atom. The van der Waals surface area contributed by atoms with Crippen LogP contribution in [0.15, 0.2) is 12.3 Å². The van der Waals surface area contributed by atoms with Crippen LogP contribution in [0.5, 0.6) is 0 Å². The van der Waals surface area contributed by atoms with Crippen LogP contribution in [0.1, 0.15) is 11.4 Å². The highest BCUT2D eigenvalue weighted by atomic mass is 16.5. The summed E-state index contributed by atoms with van der Waals surface area (Å²) in [6.45, 7) is 1.04. The third kappa shape index (κ3) is 1.20. The topological polar surface area (TPSA) is 59.1 Å². The molecule has 0 bridgehead atoms. The second kappa shape index (κ2) is 3.16. The Kier molecular flexibility index (Phi) is 1.89. The van der Waals surface area contributed by atoms with Crippen molar-refractivity contribution in [2.24, 2.45) is 14.1 Å². The van der Waals surface area contributed by atoms with Gasteiger partial charge in [-0.1, -0.05) is 0 Å². The standard InChI is InChI=1S/C10H13N5O/c1-13-9-6-15(16)5-7(9)12-10(13)8-3-4-11-14(8)2/h3-4,16H,5-6H2,1-2H3. The van der Waals surface area contributed by atoms with E-state index in [0.29, 0.717) is 13.1 Å². The zero-order valence-electron chi connectivity index (χ0n) is 9.25. The number of hydroxylamine groups is 2.